The van der Waals surface area contributed by atoms with Crippen LogP contribution in [0.3, 0.4) is 0 Å². The van der Waals surface area contributed by atoms with E-state index in [1.54, 1.807) is 11.3 Å². The molecule has 2 nitrogen and oxygen atoms in total. The van der Waals surface area contributed by atoms with E-state index in [4.69, 9.17) is 0 Å². The predicted octanol–water partition coefficient (Wildman–Crippen LogP) is 12.0. The van der Waals surface area contributed by atoms with E-state index in [1.165, 1.54) is 58.9 Å². The number of nitrogens with zero attached hydrogens (tertiary/aromatic N) is 2. The van der Waals surface area contributed by atoms with Gasteiger partial charge in [-0.05, 0) is 98.0 Å². The number of hydrogen-bond donors (Lipinski definition) is 0. The van der Waals surface area contributed by atoms with Gasteiger partial charge in [0.25, 0.3) is 0 Å². The molecule has 0 spiro atoms. The fraction of sp³-hybridized carbons (Fsp3) is 0. The van der Waals surface area contributed by atoms with Crippen molar-refractivity contribution in [2.75, 3.05) is 4.90 Å². The molecule has 0 saturated heterocycles. The van der Waals surface area contributed by atoms with Gasteiger partial charge in [-0.25, -0.2) is 4.98 Å². The number of anilines is 3. The standard InChI is InChI=1S/C41H26N2S/c1-2-8-32(9-3-1)43(34-21-23-37-38-11-6-24-42-41(38)44-39(37)26-34)33-19-16-27(17-20-33)30-18-22-36-31(25-30)15-14-29-13-12-28-7-4-5-10-35(28)40(29)36/h1-26H. The van der Waals surface area contributed by atoms with Crippen molar-refractivity contribution in [2.45, 2.75) is 0 Å². The molecule has 0 aliphatic rings. The lowest BCUT2D eigenvalue weighted by Crippen LogP contribution is -2.09. The summed E-state index contributed by atoms with van der Waals surface area (Å²) in [5.41, 5.74) is 5.80. The number of fused-ring (bicyclic) bond motifs is 8. The maximum Gasteiger partial charge on any atom is 0.124 e. The van der Waals surface area contributed by atoms with Crippen LogP contribution < -0.4 is 4.90 Å². The van der Waals surface area contributed by atoms with E-state index in [1.807, 2.05) is 12.3 Å². The molecule has 7 aromatic carbocycles. The van der Waals surface area contributed by atoms with Crippen molar-refractivity contribution in [1.82, 2.24) is 4.98 Å². The maximum atomic E-state index is 4.60. The van der Waals surface area contributed by atoms with E-state index in [0.717, 1.165) is 21.9 Å². The lowest BCUT2D eigenvalue weighted by molar-refractivity contribution is 1.29. The fourth-order valence-electron chi connectivity index (χ4n) is 6.58. The lowest BCUT2D eigenvalue weighted by atomic mass is 9.94. The molecule has 0 aliphatic heterocycles. The number of hydrogen-bond acceptors (Lipinski definition) is 3. The van der Waals surface area contributed by atoms with Gasteiger partial charge in [-0.3, -0.25) is 0 Å². The Kier molecular flexibility index (Phi) is 5.71. The smallest absolute Gasteiger partial charge is 0.124 e. The average Bonchev–Trinajstić information content (AvgIpc) is 3.46. The molecule has 3 heteroatoms. The summed E-state index contributed by atoms with van der Waals surface area (Å²) in [6.45, 7) is 0. The van der Waals surface area contributed by atoms with Crippen molar-refractivity contribution in [3.63, 3.8) is 0 Å². The van der Waals surface area contributed by atoms with E-state index in [0.29, 0.717) is 0 Å². The summed E-state index contributed by atoms with van der Waals surface area (Å²) in [7, 11) is 0. The maximum absolute atomic E-state index is 4.60. The number of benzene rings is 7. The van der Waals surface area contributed by atoms with Crippen LogP contribution in [0.15, 0.2) is 158 Å². The van der Waals surface area contributed by atoms with Crippen molar-refractivity contribution >= 4 is 81.0 Å². The Labute approximate surface area is 259 Å². The molecule has 0 fully saturated rings. The minimum atomic E-state index is 1.08. The Morgan fingerprint density at radius 1 is 0.432 bits per heavy atom. The van der Waals surface area contributed by atoms with Gasteiger partial charge in [-0.1, -0.05) is 97.1 Å². The summed E-state index contributed by atoms with van der Waals surface area (Å²) in [5, 5.41) is 10.2. The summed E-state index contributed by atoms with van der Waals surface area (Å²) in [6.07, 6.45) is 1.87. The van der Waals surface area contributed by atoms with Crippen molar-refractivity contribution in [2.24, 2.45) is 0 Å². The van der Waals surface area contributed by atoms with Gasteiger partial charge in [-0.15, -0.1) is 11.3 Å². The van der Waals surface area contributed by atoms with Crippen LogP contribution in [0.4, 0.5) is 17.1 Å². The Bertz CT molecular complexity index is 2490. The van der Waals surface area contributed by atoms with Crippen LogP contribution in [-0.2, 0) is 0 Å². The molecular formula is C41H26N2S. The number of aromatic nitrogens is 1. The third-order valence-electron chi connectivity index (χ3n) is 8.69. The Balaban J connectivity index is 1.13. The van der Waals surface area contributed by atoms with Gasteiger partial charge < -0.3 is 4.90 Å². The zero-order chi connectivity index (χ0) is 29.0. The minimum absolute atomic E-state index is 1.08. The normalized spacial score (nSPS) is 11.6. The molecule has 0 bridgehead atoms. The van der Waals surface area contributed by atoms with Gasteiger partial charge in [0, 0.05) is 38.7 Å². The van der Waals surface area contributed by atoms with E-state index in [2.05, 4.69) is 155 Å². The second-order valence-corrected chi connectivity index (χ2v) is 12.3. The molecule has 0 radical (unpaired) electrons. The van der Waals surface area contributed by atoms with E-state index >= 15 is 0 Å². The first kappa shape index (κ1) is 25.0. The highest BCUT2D eigenvalue weighted by Crippen LogP contribution is 2.41. The van der Waals surface area contributed by atoms with Crippen molar-refractivity contribution in [3.8, 4) is 11.1 Å². The van der Waals surface area contributed by atoms with Crippen molar-refractivity contribution < 1.29 is 0 Å². The van der Waals surface area contributed by atoms with Gasteiger partial charge in [-0.2, -0.15) is 0 Å². The van der Waals surface area contributed by atoms with E-state index in [-0.39, 0.29) is 0 Å². The van der Waals surface area contributed by atoms with Gasteiger partial charge in [0.2, 0.25) is 0 Å². The van der Waals surface area contributed by atoms with Crippen LogP contribution in [0.5, 0.6) is 0 Å². The molecule has 0 N–H and O–H groups in total. The first-order valence-electron chi connectivity index (χ1n) is 14.9. The third-order valence-corrected chi connectivity index (χ3v) is 9.77. The quantitative estimate of drug-likeness (QED) is 0.193. The Hall–Kier alpha value is -5.51. The second-order valence-electron chi connectivity index (χ2n) is 11.2. The van der Waals surface area contributed by atoms with Crippen LogP contribution in [-0.4, -0.2) is 4.98 Å². The monoisotopic (exact) mass is 578 g/mol. The summed E-state index contributed by atoms with van der Waals surface area (Å²) >= 11 is 1.75. The summed E-state index contributed by atoms with van der Waals surface area (Å²) in [5.74, 6) is 0. The fourth-order valence-corrected chi connectivity index (χ4v) is 7.66. The number of para-hydroxylation sites is 1. The zero-order valence-electron chi connectivity index (χ0n) is 23.8. The van der Waals surface area contributed by atoms with Crippen LogP contribution in [0.1, 0.15) is 0 Å². The Morgan fingerprint density at radius 2 is 1.09 bits per heavy atom. The summed E-state index contributed by atoms with van der Waals surface area (Å²) in [6, 6.07) is 55.0. The molecule has 9 rings (SSSR count). The zero-order valence-corrected chi connectivity index (χ0v) is 24.6. The lowest BCUT2D eigenvalue weighted by Gasteiger charge is -2.25. The largest absolute Gasteiger partial charge is 0.310 e. The highest BCUT2D eigenvalue weighted by atomic mass is 32.1. The average molecular weight is 579 g/mol. The van der Waals surface area contributed by atoms with Gasteiger partial charge in [0.1, 0.15) is 4.83 Å². The van der Waals surface area contributed by atoms with E-state index in [9.17, 15) is 0 Å². The Morgan fingerprint density at radius 3 is 1.98 bits per heavy atom. The van der Waals surface area contributed by atoms with Gasteiger partial charge in [0.05, 0.1) is 0 Å². The SMILES string of the molecule is c1ccc(N(c2ccc(-c3ccc4c(ccc5ccc6ccccc6c54)c3)cc2)c2ccc3c(c2)sc2ncccc23)cc1. The first-order valence-corrected chi connectivity index (χ1v) is 15.7. The molecule has 0 amide bonds. The predicted molar refractivity (Wildman–Crippen MR) is 190 cm³/mol. The molecule has 2 heterocycles. The van der Waals surface area contributed by atoms with Crippen LogP contribution >= 0.6 is 11.3 Å². The summed E-state index contributed by atoms with van der Waals surface area (Å²) < 4.78 is 1.24. The van der Waals surface area contributed by atoms with Gasteiger partial charge >= 0.3 is 0 Å². The van der Waals surface area contributed by atoms with Crippen molar-refractivity contribution in [3.05, 3.63) is 158 Å². The number of rotatable bonds is 4. The molecule has 9 aromatic rings. The molecule has 0 saturated carbocycles. The highest BCUT2D eigenvalue weighted by Gasteiger charge is 2.15. The van der Waals surface area contributed by atoms with Crippen molar-refractivity contribution in [1.29, 1.82) is 0 Å². The molecule has 2 aromatic heterocycles. The summed E-state index contributed by atoms with van der Waals surface area (Å²) in [4.78, 5) is 8.01. The molecule has 206 valence electrons. The highest BCUT2D eigenvalue weighted by molar-refractivity contribution is 7.25. The van der Waals surface area contributed by atoms with Crippen LogP contribution in [0.2, 0.25) is 0 Å². The third kappa shape index (κ3) is 4.05. The van der Waals surface area contributed by atoms with Crippen LogP contribution in [0, 0.1) is 0 Å². The molecular weight excluding hydrogens is 553 g/mol. The topological polar surface area (TPSA) is 16.1 Å². The van der Waals surface area contributed by atoms with Gasteiger partial charge in [0.15, 0.2) is 0 Å². The molecule has 0 unspecified atom stereocenters. The number of pyridine rings is 1. The second kappa shape index (κ2) is 10.0. The number of thiophene rings is 1. The van der Waals surface area contributed by atoms with Crippen LogP contribution in [0.25, 0.3) is 63.7 Å². The molecule has 44 heavy (non-hydrogen) atoms. The molecule has 0 aliphatic carbocycles. The molecule has 0 atom stereocenters. The van der Waals surface area contributed by atoms with E-state index < -0.39 is 0 Å². The first-order chi connectivity index (χ1) is 21.8. The minimum Gasteiger partial charge on any atom is -0.310 e.